The molecule has 1 amide bonds. The van der Waals surface area contributed by atoms with Crippen LogP contribution in [0.15, 0.2) is 16.7 Å². The van der Waals surface area contributed by atoms with Crippen molar-refractivity contribution in [2.45, 2.75) is 19.3 Å². The van der Waals surface area contributed by atoms with Gasteiger partial charge < -0.3 is 10.0 Å². The number of likely N-dealkylation sites (tertiary alicyclic amines) is 1. The first-order chi connectivity index (χ1) is 9.47. The van der Waals surface area contributed by atoms with Crippen molar-refractivity contribution in [3.05, 3.63) is 27.5 Å². The maximum absolute atomic E-state index is 12.4. The lowest BCUT2D eigenvalue weighted by Gasteiger charge is -2.32. The van der Waals surface area contributed by atoms with Crippen molar-refractivity contribution in [3.63, 3.8) is 0 Å². The van der Waals surface area contributed by atoms with E-state index in [9.17, 15) is 9.59 Å². The first kappa shape index (κ1) is 15.3. The second-order valence-electron chi connectivity index (χ2n) is 4.85. The van der Waals surface area contributed by atoms with Gasteiger partial charge in [-0.15, -0.1) is 0 Å². The lowest BCUT2D eigenvalue weighted by Crippen LogP contribution is -2.40. The molecule has 0 aromatic carbocycles. The van der Waals surface area contributed by atoms with Gasteiger partial charge in [0.25, 0.3) is 5.91 Å². The summed E-state index contributed by atoms with van der Waals surface area (Å²) in [4.78, 5) is 28.8. The van der Waals surface area contributed by atoms with Crippen LogP contribution in [0.2, 0.25) is 5.15 Å². The van der Waals surface area contributed by atoms with Crippen LogP contribution < -0.4 is 0 Å². The third-order valence-corrected chi connectivity index (χ3v) is 4.04. The summed E-state index contributed by atoms with van der Waals surface area (Å²) in [6, 6.07) is 1.64. The molecule has 1 unspecified atom stereocenters. The highest BCUT2D eigenvalue weighted by molar-refractivity contribution is 9.10. The summed E-state index contributed by atoms with van der Waals surface area (Å²) >= 11 is 9.22. The number of piperidine rings is 1. The quantitative estimate of drug-likeness (QED) is 0.840. The van der Waals surface area contributed by atoms with Crippen LogP contribution in [0.4, 0.5) is 0 Å². The van der Waals surface area contributed by atoms with Crippen molar-refractivity contribution in [2.75, 3.05) is 13.1 Å². The molecule has 1 N–H and O–H groups in total. The number of rotatable bonds is 3. The highest BCUT2D eigenvalue weighted by atomic mass is 79.9. The molecule has 20 heavy (non-hydrogen) atoms. The number of carboxylic acids is 1. The molecule has 0 saturated carbocycles. The number of carbonyl (C=O) groups excluding carboxylic acids is 1. The largest absolute Gasteiger partial charge is 0.481 e. The number of hydrogen-bond acceptors (Lipinski definition) is 3. The molecule has 0 aliphatic carbocycles. The number of amides is 1. The Labute approximate surface area is 130 Å². The van der Waals surface area contributed by atoms with Gasteiger partial charge in [-0.3, -0.25) is 9.59 Å². The Morgan fingerprint density at radius 3 is 3.00 bits per heavy atom. The molecule has 2 heterocycles. The van der Waals surface area contributed by atoms with E-state index >= 15 is 0 Å². The topological polar surface area (TPSA) is 70.5 Å². The maximum atomic E-state index is 12.4. The first-order valence-corrected chi connectivity index (χ1v) is 7.46. The Hall–Kier alpha value is -1.14. The number of aliphatic carboxylic acids is 1. The SMILES string of the molecule is O=C(O)CC1CCCN(C(=O)c2cc(Br)cnc2Cl)C1. The monoisotopic (exact) mass is 360 g/mol. The van der Waals surface area contributed by atoms with Crippen molar-refractivity contribution in [1.82, 2.24) is 9.88 Å². The van der Waals surface area contributed by atoms with E-state index in [-0.39, 0.29) is 23.4 Å². The Morgan fingerprint density at radius 2 is 2.30 bits per heavy atom. The molecule has 1 aliphatic heterocycles. The van der Waals surface area contributed by atoms with Crippen LogP contribution in [0.5, 0.6) is 0 Å². The Kier molecular flexibility index (Phi) is 4.99. The number of hydrogen-bond donors (Lipinski definition) is 1. The third kappa shape index (κ3) is 3.70. The molecule has 5 nitrogen and oxygen atoms in total. The average Bonchev–Trinajstić information content (AvgIpc) is 2.40. The van der Waals surface area contributed by atoms with E-state index in [4.69, 9.17) is 16.7 Å². The van der Waals surface area contributed by atoms with Gasteiger partial charge in [-0.2, -0.15) is 0 Å². The van der Waals surface area contributed by atoms with E-state index in [0.29, 0.717) is 23.1 Å². The van der Waals surface area contributed by atoms with Gasteiger partial charge in [-0.1, -0.05) is 11.6 Å². The molecule has 108 valence electrons. The number of carboxylic acid groups (broad SMARTS) is 1. The van der Waals surface area contributed by atoms with Crippen LogP contribution in [-0.4, -0.2) is 40.0 Å². The van der Waals surface area contributed by atoms with E-state index in [1.54, 1.807) is 11.0 Å². The van der Waals surface area contributed by atoms with Crippen LogP contribution in [0.1, 0.15) is 29.6 Å². The van der Waals surface area contributed by atoms with Crippen molar-refractivity contribution < 1.29 is 14.7 Å². The van der Waals surface area contributed by atoms with Crippen LogP contribution in [0.3, 0.4) is 0 Å². The molecule has 1 aliphatic rings. The number of nitrogens with zero attached hydrogens (tertiary/aromatic N) is 2. The predicted molar refractivity (Wildman–Crippen MR) is 77.8 cm³/mol. The van der Waals surface area contributed by atoms with E-state index in [2.05, 4.69) is 20.9 Å². The normalized spacial score (nSPS) is 18.9. The summed E-state index contributed by atoms with van der Waals surface area (Å²) in [7, 11) is 0. The van der Waals surface area contributed by atoms with Crippen molar-refractivity contribution in [1.29, 1.82) is 0 Å². The van der Waals surface area contributed by atoms with Gasteiger partial charge in [0.1, 0.15) is 5.15 Å². The van der Waals surface area contributed by atoms with Gasteiger partial charge in [0, 0.05) is 30.2 Å². The molecule has 0 radical (unpaired) electrons. The number of aromatic nitrogens is 1. The standard InChI is InChI=1S/C13H14BrClN2O3/c14-9-5-10(12(15)16-6-9)13(20)17-3-1-2-8(7-17)4-11(18)19/h5-6,8H,1-4,7H2,(H,18,19). The minimum atomic E-state index is -0.827. The summed E-state index contributed by atoms with van der Waals surface area (Å²) in [5, 5.41) is 9.01. The maximum Gasteiger partial charge on any atom is 0.303 e. The highest BCUT2D eigenvalue weighted by Gasteiger charge is 2.27. The zero-order chi connectivity index (χ0) is 14.7. The summed E-state index contributed by atoms with van der Waals surface area (Å²) in [5.74, 6) is -1.02. The summed E-state index contributed by atoms with van der Waals surface area (Å²) in [6.07, 6.45) is 3.26. The summed E-state index contributed by atoms with van der Waals surface area (Å²) in [6.45, 7) is 1.08. The van der Waals surface area contributed by atoms with E-state index in [1.807, 2.05) is 0 Å². The van der Waals surface area contributed by atoms with Gasteiger partial charge in [-0.25, -0.2) is 4.98 Å². The van der Waals surface area contributed by atoms with Crippen molar-refractivity contribution >= 4 is 39.4 Å². The smallest absolute Gasteiger partial charge is 0.303 e. The molecule has 2 rings (SSSR count). The van der Waals surface area contributed by atoms with Crippen LogP contribution >= 0.6 is 27.5 Å². The van der Waals surface area contributed by atoms with Crippen LogP contribution in [0.25, 0.3) is 0 Å². The second kappa shape index (κ2) is 6.54. The second-order valence-corrected chi connectivity index (χ2v) is 6.12. The van der Waals surface area contributed by atoms with Crippen molar-refractivity contribution in [3.8, 4) is 0 Å². The molecule has 0 spiro atoms. The lowest BCUT2D eigenvalue weighted by molar-refractivity contribution is -0.138. The molecule has 1 atom stereocenters. The fourth-order valence-corrected chi connectivity index (χ4v) is 2.92. The van der Waals surface area contributed by atoms with E-state index in [1.165, 1.54) is 6.20 Å². The zero-order valence-electron chi connectivity index (χ0n) is 10.7. The third-order valence-electron chi connectivity index (χ3n) is 3.31. The number of carbonyl (C=O) groups is 2. The Morgan fingerprint density at radius 1 is 1.55 bits per heavy atom. The molecule has 1 fully saturated rings. The van der Waals surface area contributed by atoms with Gasteiger partial charge in [0.05, 0.1) is 5.56 Å². The van der Waals surface area contributed by atoms with E-state index in [0.717, 1.165) is 12.8 Å². The number of pyridine rings is 1. The molecule has 1 saturated heterocycles. The summed E-state index contributed by atoms with van der Waals surface area (Å²) < 4.78 is 0.685. The Balaban J connectivity index is 2.12. The van der Waals surface area contributed by atoms with Crippen LogP contribution in [-0.2, 0) is 4.79 Å². The molecule has 7 heteroatoms. The first-order valence-electron chi connectivity index (χ1n) is 6.29. The molecular formula is C13H14BrClN2O3. The molecular weight excluding hydrogens is 348 g/mol. The molecule has 1 aromatic rings. The lowest BCUT2D eigenvalue weighted by atomic mass is 9.94. The van der Waals surface area contributed by atoms with Gasteiger partial charge >= 0.3 is 5.97 Å². The minimum absolute atomic E-state index is 0.00378. The Bertz CT molecular complexity index is 538. The molecule has 1 aromatic heterocycles. The molecule has 0 bridgehead atoms. The van der Waals surface area contributed by atoms with Gasteiger partial charge in [0.15, 0.2) is 0 Å². The zero-order valence-corrected chi connectivity index (χ0v) is 13.0. The average molecular weight is 362 g/mol. The minimum Gasteiger partial charge on any atom is -0.481 e. The summed E-state index contributed by atoms with van der Waals surface area (Å²) in [5.41, 5.74) is 0.344. The predicted octanol–water partition coefficient (Wildman–Crippen LogP) is 2.82. The number of halogens is 2. The highest BCUT2D eigenvalue weighted by Crippen LogP contribution is 2.24. The van der Waals surface area contributed by atoms with Crippen LogP contribution in [0, 0.1) is 5.92 Å². The van der Waals surface area contributed by atoms with Gasteiger partial charge in [0.2, 0.25) is 0 Å². The fourth-order valence-electron chi connectivity index (χ4n) is 2.41. The van der Waals surface area contributed by atoms with E-state index < -0.39 is 5.97 Å². The van der Waals surface area contributed by atoms with Gasteiger partial charge in [-0.05, 0) is 40.8 Å². The fraction of sp³-hybridized carbons (Fsp3) is 0.462. The van der Waals surface area contributed by atoms with Crippen molar-refractivity contribution in [2.24, 2.45) is 5.92 Å².